The summed E-state index contributed by atoms with van der Waals surface area (Å²) in [6, 6.07) is 7.50. The van der Waals surface area contributed by atoms with E-state index in [0.29, 0.717) is 15.8 Å². The van der Waals surface area contributed by atoms with Crippen molar-refractivity contribution in [3.8, 4) is 11.5 Å². The molecule has 8 nitrogen and oxygen atoms in total. The molecule has 0 spiro atoms. The standard InChI is InChI=1S/C15H11BrIN3O5/c1-25-13-5-8(2-3-11(13)17)15(22)19-18-7-9-4-10(16)6-12(14(9)21)20(23)24/h2-7,21H,1H3,(H,19,22)/b18-7+. The van der Waals surface area contributed by atoms with Gasteiger partial charge in [0.15, 0.2) is 0 Å². The van der Waals surface area contributed by atoms with Gasteiger partial charge in [-0.2, -0.15) is 5.10 Å². The van der Waals surface area contributed by atoms with Crippen molar-refractivity contribution < 1.29 is 19.6 Å². The van der Waals surface area contributed by atoms with E-state index < -0.39 is 22.3 Å². The van der Waals surface area contributed by atoms with Gasteiger partial charge in [-0.1, -0.05) is 15.9 Å². The van der Waals surface area contributed by atoms with Crippen molar-refractivity contribution in [2.24, 2.45) is 5.10 Å². The van der Waals surface area contributed by atoms with Gasteiger partial charge < -0.3 is 9.84 Å². The molecular weight excluding hydrogens is 509 g/mol. The molecule has 25 heavy (non-hydrogen) atoms. The largest absolute Gasteiger partial charge is 0.502 e. The summed E-state index contributed by atoms with van der Waals surface area (Å²) < 4.78 is 6.39. The number of hydrazone groups is 1. The smallest absolute Gasteiger partial charge is 0.312 e. The normalized spacial score (nSPS) is 10.7. The molecule has 0 saturated carbocycles. The first-order valence-corrected chi connectivity index (χ1v) is 8.54. The zero-order chi connectivity index (χ0) is 18.6. The number of aromatic hydroxyl groups is 1. The van der Waals surface area contributed by atoms with E-state index in [-0.39, 0.29) is 5.56 Å². The first-order chi connectivity index (χ1) is 11.8. The highest BCUT2D eigenvalue weighted by Crippen LogP contribution is 2.32. The molecule has 0 saturated heterocycles. The zero-order valence-corrected chi connectivity index (χ0v) is 16.4. The van der Waals surface area contributed by atoms with E-state index in [1.165, 1.54) is 19.2 Å². The number of hydrogen-bond donors (Lipinski definition) is 2. The molecule has 2 aromatic carbocycles. The predicted octanol–water partition coefficient (Wildman–Crippen LogP) is 3.44. The average Bonchev–Trinajstić information content (AvgIpc) is 2.57. The van der Waals surface area contributed by atoms with Gasteiger partial charge >= 0.3 is 5.69 Å². The maximum Gasteiger partial charge on any atom is 0.312 e. The Kier molecular flexibility index (Phi) is 6.31. The van der Waals surface area contributed by atoms with E-state index in [2.05, 4.69) is 49.0 Å². The Bertz CT molecular complexity index is 872. The Labute approximate surface area is 164 Å². The number of nitrogens with zero attached hydrogens (tertiary/aromatic N) is 2. The number of phenolic OH excluding ortho intramolecular Hbond substituents is 1. The Balaban J connectivity index is 2.18. The molecule has 0 aliphatic rings. The van der Waals surface area contributed by atoms with Crippen molar-refractivity contribution in [1.82, 2.24) is 5.43 Å². The monoisotopic (exact) mass is 519 g/mol. The van der Waals surface area contributed by atoms with Crippen LogP contribution in [0.3, 0.4) is 0 Å². The first kappa shape index (κ1) is 19.1. The van der Waals surface area contributed by atoms with Gasteiger partial charge in [0.25, 0.3) is 5.91 Å². The highest BCUT2D eigenvalue weighted by molar-refractivity contribution is 14.1. The third-order valence-corrected chi connectivity index (χ3v) is 4.41. The number of nitro benzene ring substituents is 1. The minimum absolute atomic E-state index is 0.0848. The molecule has 10 heteroatoms. The molecule has 0 fully saturated rings. The zero-order valence-electron chi connectivity index (χ0n) is 12.7. The number of nitro groups is 1. The molecule has 2 rings (SSSR count). The molecule has 0 bridgehead atoms. The van der Waals surface area contributed by atoms with Crippen LogP contribution in [-0.2, 0) is 0 Å². The van der Waals surface area contributed by atoms with Gasteiger partial charge in [-0.05, 0) is 46.9 Å². The lowest BCUT2D eigenvalue weighted by Gasteiger charge is -2.06. The predicted molar refractivity (Wildman–Crippen MR) is 103 cm³/mol. The van der Waals surface area contributed by atoms with Crippen molar-refractivity contribution in [3.63, 3.8) is 0 Å². The second kappa shape index (κ2) is 8.25. The Morgan fingerprint density at radius 3 is 2.80 bits per heavy atom. The fourth-order valence-electron chi connectivity index (χ4n) is 1.87. The molecule has 0 aliphatic heterocycles. The fraction of sp³-hybridized carbons (Fsp3) is 0.0667. The van der Waals surface area contributed by atoms with Crippen LogP contribution in [-0.4, -0.2) is 29.3 Å². The van der Waals surface area contributed by atoms with Crippen LogP contribution >= 0.6 is 38.5 Å². The van der Waals surface area contributed by atoms with Crippen molar-refractivity contribution in [1.29, 1.82) is 0 Å². The Morgan fingerprint density at radius 1 is 1.44 bits per heavy atom. The van der Waals surface area contributed by atoms with E-state index in [4.69, 9.17) is 4.74 Å². The molecule has 0 atom stereocenters. The molecule has 0 unspecified atom stereocenters. The van der Waals surface area contributed by atoms with Crippen LogP contribution in [0.4, 0.5) is 5.69 Å². The lowest BCUT2D eigenvalue weighted by Crippen LogP contribution is -2.17. The van der Waals surface area contributed by atoms with Crippen molar-refractivity contribution in [3.05, 3.63) is 59.6 Å². The number of carbonyl (C=O) groups is 1. The van der Waals surface area contributed by atoms with Gasteiger partial charge in [-0.25, -0.2) is 5.43 Å². The topological polar surface area (TPSA) is 114 Å². The van der Waals surface area contributed by atoms with E-state index >= 15 is 0 Å². The van der Waals surface area contributed by atoms with Crippen LogP contribution in [0.25, 0.3) is 0 Å². The number of ether oxygens (including phenoxy) is 1. The van der Waals surface area contributed by atoms with Crippen LogP contribution < -0.4 is 10.2 Å². The minimum atomic E-state index is -0.714. The maximum atomic E-state index is 12.1. The summed E-state index contributed by atoms with van der Waals surface area (Å²) in [6.45, 7) is 0. The number of carbonyl (C=O) groups excluding carboxylic acids is 1. The quantitative estimate of drug-likeness (QED) is 0.272. The second-order valence-corrected chi connectivity index (χ2v) is 6.75. The summed E-state index contributed by atoms with van der Waals surface area (Å²) in [5.74, 6) is -0.477. The molecular formula is C15H11BrIN3O5. The van der Waals surface area contributed by atoms with Gasteiger partial charge in [-0.3, -0.25) is 14.9 Å². The van der Waals surface area contributed by atoms with Crippen LogP contribution in [0.1, 0.15) is 15.9 Å². The van der Waals surface area contributed by atoms with Gasteiger partial charge in [-0.15, -0.1) is 0 Å². The summed E-state index contributed by atoms with van der Waals surface area (Å²) in [4.78, 5) is 22.2. The van der Waals surface area contributed by atoms with E-state index in [1.54, 1.807) is 18.2 Å². The molecule has 0 aromatic heterocycles. The van der Waals surface area contributed by atoms with Gasteiger partial charge in [0.1, 0.15) is 5.75 Å². The number of rotatable bonds is 5. The SMILES string of the molecule is COc1cc(C(=O)N/N=C/c2cc(Br)cc([N+](=O)[O-])c2O)ccc1I. The van der Waals surface area contributed by atoms with Crippen molar-refractivity contribution >= 4 is 56.3 Å². The summed E-state index contributed by atoms with van der Waals surface area (Å²) in [5.41, 5.74) is 2.24. The highest BCUT2D eigenvalue weighted by Gasteiger charge is 2.17. The van der Waals surface area contributed by atoms with E-state index in [9.17, 15) is 20.0 Å². The van der Waals surface area contributed by atoms with Crippen LogP contribution in [0, 0.1) is 13.7 Å². The first-order valence-electron chi connectivity index (χ1n) is 6.67. The summed E-state index contributed by atoms with van der Waals surface area (Å²) in [7, 11) is 1.50. The van der Waals surface area contributed by atoms with E-state index in [0.717, 1.165) is 9.78 Å². The number of amides is 1. The summed E-state index contributed by atoms with van der Waals surface area (Å²) in [6.07, 6.45) is 1.12. The van der Waals surface area contributed by atoms with E-state index in [1.807, 2.05) is 0 Å². The van der Waals surface area contributed by atoms with Crippen LogP contribution in [0.2, 0.25) is 0 Å². The maximum absolute atomic E-state index is 12.1. The molecule has 0 radical (unpaired) electrons. The van der Waals surface area contributed by atoms with Gasteiger partial charge in [0, 0.05) is 21.7 Å². The Hall–Kier alpha value is -2.21. The number of benzene rings is 2. The number of methoxy groups -OCH3 is 1. The lowest BCUT2D eigenvalue weighted by molar-refractivity contribution is -0.385. The average molecular weight is 520 g/mol. The second-order valence-electron chi connectivity index (χ2n) is 4.67. The van der Waals surface area contributed by atoms with Crippen LogP contribution in [0.5, 0.6) is 11.5 Å². The molecule has 2 aromatic rings. The number of hydrogen-bond acceptors (Lipinski definition) is 6. The molecule has 0 aliphatic carbocycles. The Morgan fingerprint density at radius 2 is 2.16 bits per heavy atom. The number of nitrogens with one attached hydrogen (secondary N) is 1. The molecule has 2 N–H and O–H groups in total. The van der Waals surface area contributed by atoms with Gasteiger partial charge in [0.2, 0.25) is 5.75 Å². The van der Waals surface area contributed by atoms with Crippen molar-refractivity contribution in [2.75, 3.05) is 7.11 Å². The molecule has 0 heterocycles. The highest BCUT2D eigenvalue weighted by atomic mass is 127. The number of phenols is 1. The molecule has 1 amide bonds. The number of halogens is 2. The minimum Gasteiger partial charge on any atom is -0.502 e. The van der Waals surface area contributed by atoms with Crippen LogP contribution in [0.15, 0.2) is 39.9 Å². The molecule has 130 valence electrons. The summed E-state index contributed by atoms with van der Waals surface area (Å²) in [5, 5.41) is 24.5. The van der Waals surface area contributed by atoms with Crippen molar-refractivity contribution in [2.45, 2.75) is 0 Å². The fourth-order valence-corrected chi connectivity index (χ4v) is 2.89. The third-order valence-electron chi connectivity index (χ3n) is 3.06. The van der Waals surface area contributed by atoms with Gasteiger partial charge in [0.05, 0.1) is 21.8 Å². The lowest BCUT2D eigenvalue weighted by atomic mass is 10.2. The third kappa shape index (κ3) is 4.66. The summed E-state index contributed by atoms with van der Waals surface area (Å²) >= 11 is 5.19.